The van der Waals surface area contributed by atoms with Gasteiger partial charge in [-0.25, -0.2) is 9.18 Å². The summed E-state index contributed by atoms with van der Waals surface area (Å²) >= 11 is 7.24. The quantitative estimate of drug-likeness (QED) is 0.879. The van der Waals surface area contributed by atoms with E-state index >= 15 is 0 Å². The van der Waals surface area contributed by atoms with Crippen LogP contribution in [0.15, 0.2) is 30.3 Å². The fraction of sp³-hybridized carbons (Fsp3) is 0.154. The summed E-state index contributed by atoms with van der Waals surface area (Å²) in [5.41, 5.74) is 0.206. The molecule has 19 heavy (non-hydrogen) atoms. The van der Waals surface area contributed by atoms with E-state index in [1.807, 2.05) is 13.0 Å². The summed E-state index contributed by atoms with van der Waals surface area (Å²) in [5, 5.41) is 11.8. The van der Waals surface area contributed by atoms with Gasteiger partial charge in [0.15, 0.2) is 0 Å². The van der Waals surface area contributed by atoms with Gasteiger partial charge in [-0.3, -0.25) is 0 Å². The number of rotatable bonds is 4. The Morgan fingerprint density at radius 2 is 2.16 bits per heavy atom. The Kier molecular flexibility index (Phi) is 4.07. The highest BCUT2D eigenvalue weighted by Gasteiger charge is 2.13. The molecule has 0 aliphatic heterocycles. The second-order valence-corrected chi connectivity index (χ2v) is 5.75. The Hall–Kier alpha value is -1.59. The highest BCUT2D eigenvalue weighted by Crippen LogP contribution is 2.29. The number of anilines is 1. The Balaban J connectivity index is 2.22. The van der Waals surface area contributed by atoms with Crippen LogP contribution in [-0.4, -0.2) is 11.1 Å². The molecule has 2 N–H and O–H groups in total. The standard InChI is InChI=1S/C13H11ClFNO2S/c1-7(11-4-5-12(14)19-11)16-10-6-8(13(17)18)2-3-9(10)15/h2-7,16H,1H3,(H,17,18). The molecule has 0 saturated carbocycles. The summed E-state index contributed by atoms with van der Waals surface area (Å²) < 4.78 is 14.3. The number of carboxylic acids is 1. The lowest BCUT2D eigenvalue weighted by atomic mass is 10.1. The average Bonchev–Trinajstić information content (AvgIpc) is 2.78. The minimum absolute atomic E-state index is 0.0420. The van der Waals surface area contributed by atoms with E-state index in [2.05, 4.69) is 5.32 Å². The van der Waals surface area contributed by atoms with E-state index < -0.39 is 11.8 Å². The van der Waals surface area contributed by atoms with Crippen molar-refractivity contribution < 1.29 is 14.3 Å². The van der Waals surface area contributed by atoms with Crippen LogP contribution in [0.4, 0.5) is 10.1 Å². The van der Waals surface area contributed by atoms with Crippen molar-refractivity contribution >= 4 is 34.6 Å². The van der Waals surface area contributed by atoms with Crippen molar-refractivity contribution in [2.24, 2.45) is 0 Å². The fourth-order valence-electron chi connectivity index (χ4n) is 1.63. The van der Waals surface area contributed by atoms with Crippen molar-refractivity contribution in [1.82, 2.24) is 0 Å². The molecule has 6 heteroatoms. The molecular weight excluding hydrogens is 289 g/mol. The largest absolute Gasteiger partial charge is 0.478 e. The molecule has 0 saturated heterocycles. The maximum Gasteiger partial charge on any atom is 0.335 e. The lowest BCUT2D eigenvalue weighted by molar-refractivity contribution is 0.0697. The van der Waals surface area contributed by atoms with Crippen molar-refractivity contribution in [1.29, 1.82) is 0 Å². The molecule has 0 amide bonds. The molecular formula is C13H11ClFNO2S. The van der Waals surface area contributed by atoms with E-state index in [0.29, 0.717) is 4.34 Å². The number of halogens is 2. The molecule has 0 aliphatic carbocycles. The number of benzene rings is 1. The van der Waals surface area contributed by atoms with Gasteiger partial charge in [0, 0.05) is 4.88 Å². The molecule has 0 bridgehead atoms. The predicted octanol–water partition coefficient (Wildman–Crippen LogP) is 4.41. The third-order valence-electron chi connectivity index (χ3n) is 2.61. The molecule has 100 valence electrons. The molecule has 1 heterocycles. The topological polar surface area (TPSA) is 49.3 Å². The van der Waals surface area contributed by atoms with Crippen molar-refractivity contribution in [2.75, 3.05) is 5.32 Å². The van der Waals surface area contributed by atoms with E-state index in [0.717, 1.165) is 10.9 Å². The monoisotopic (exact) mass is 299 g/mol. The van der Waals surface area contributed by atoms with E-state index in [9.17, 15) is 9.18 Å². The highest BCUT2D eigenvalue weighted by molar-refractivity contribution is 7.16. The Labute approximate surface area is 118 Å². The number of carbonyl (C=O) groups is 1. The van der Waals surface area contributed by atoms with Crippen LogP contribution < -0.4 is 5.32 Å². The van der Waals surface area contributed by atoms with Crippen LogP contribution in [0.25, 0.3) is 0 Å². The molecule has 0 spiro atoms. The minimum Gasteiger partial charge on any atom is -0.478 e. The second kappa shape index (κ2) is 5.59. The third kappa shape index (κ3) is 3.24. The summed E-state index contributed by atoms with van der Waals surface area (Å²) in [6, 6.07) is 7.11. The lowest BCUT2D eigenvalue weighted by Crippen LogP contribution is -2.08. The molecule has 2 aromatic rings. The van der Waals surface area contributed by atoms with Crippen LogP contribution in [0.1, 0.15) is 28.2 Å². The van der Waals surface area contributed by atoms with E-state index in [4.69, 9.17) is 16.7 Å². The minimum atomic E-state index is -1.09. The molecule has 3 nitrogen and oxygen atoms in total. The average molecular weight is 300 g/mol. The number of thiophene rings is 1. The summed E-state index contributed by atoms with van der Waals surface area (Å²) in [7, 11) is 0. The van der Waals surface area contributed by atoms with Gasteiger partial charge in [-0.05, 0) is 37.3 Å². The van der Waals surface area contributed by atoms with Crippen LogP contribution >= 0.6 is 22.9 Å². The smallest absolute Gasteiger partial charge is 0.335 e. The molecule has 1 unspecified atom stereocenters. The van der Waals surface area contributed by atoms with Gasteiger partial charge in [0.2, 0.25) is 0 Å². The maximum absolute atomic E-state index is 13.6. The first-order valence-electron chi connectivity index (χ1n) is 5.52. The Bertz CT molecular complexity index is 614. The number of aromatic carboxylic acids is 1. The van der Waals surface area contributed by atoms with Gasteiger partial charge in [-0.2, -0.15) is 0 Å². The van der Waals surface area contributed by atoms with Gasteiger partial charge in [-0.15, -0.1) is 11.3 Å². The first kappa shape index (κ1) is 13.8. The molecule has 1 aromatic heterocycles. The maximum atomic E-state index is 13.6. The number of carboxylic acid groups (broad SMARTS) is 1. The van der Waals surface area contributed by atoms with Crippen LogP contribution in [0.3, 0.4) is 0 Å². The van der Waals surface area contributed by atoms with E-state index in [1.54, 1.807) is 6.07 Å². The van der Waals surface area contributed by atoms with Crippen molar-refractivity contribution in [3.8, 4) is 0 Å². The molecule has 1 aromatic carbocycles. The van der Waals surface area contributed by atoms with Crippen LogP contribution in [0.2, 0.25) is 4.34 Å². The fourth-order valence-corrected chi connectivity index (χ4v) is 2.70. The number of nitrogens with one attached hydrogen (secondary N) is 1. The normalized spacial score (nSPS) is 12.2. The lowest BCUT2D eigenvalue weighted by Gasteiger charge is -2.14. The highest BCUT2D eigenvalue weighted by atomic mass is 35.5. The Morgan fingerprint density at radius 3 is 2.74 bits per heavy atom. The van der Waals surface area contributed by atoms with Crippen LogP contribution in [-0.2, 0) is 0 Å². The first-order chi connectivity index (χ1) is 8.97. The second-order valence-electron chi connectivity index (χ2n) is 4.01. The van der Waals surface area contributed by atoms with Crippen molar-refractivity contribution in [2.45, 2.75) is 13.0 Å². The summed E-state index contributed by atoms with van der Waals surface area (Å²) in [4.78, 5) is 11.8. The molecule has 0 radical (unpaired) electrons. The SMILES string of the molecule is CC(Nc1cc(C(=O)O)ccc1F)c1ccc(Cl)s1. The molecule has 2 rings (SSSR count). The molecule has 0 fully saturated rings. The van der Waals surface area contributed by atoms with Gasteiger partial charge >= 0.3 is 5.97 Å². The van der Waals surface area contributed by atoms with Crippen LogP contribution in [0.5, 0.6) is 0 Å². The first-order valence-corrected chi connectivity index (χ1v) is 6.71. The van der Waals surface area contributed by atoms with Gasteiger partial charge < -0.3 is 10.4 Å². The molecule has 1 atom stereocenters. The number of hydrogen-bond donors (Lipinski definition) is 2. The Morgan fingerprint density at radius 1 is 1.42 bits per heavy atom. The van der Waals surface area contributed by atoms with Gasteiger partial charge in [-0.1, -0.05) is 11.6 Å². The predicted molar refractivity (Wildman–Crippen MR) is 74.7 cm³/mol. The van der Waals surface area contributed by atoms with Crippen LogP contribution in [0, 0.1) is 5.82 Å². The molecule has 0 aliphatic rings. The number of hydrogen-bond acceptors (Lipinski definition) is 3. The zero-order valence-corrected chi connectivity index (χ0v) is 11.6. The van der Waals surface area contributed by atoms with Gasteiger partial charge in [0.25, 0.3) is 0 Å². The summed E-state index contributed by atoms with van der Waals surface area (Å²) in [6.45, 7) is 1.86. The van der Waals surface area contributed by atoms with Gasteiger partial charge in [0.1, 0.15) is 5.82 Å². The van der Waals surface area contributed by atoms with Gasteiger partial charge in [0.05, 0.1) is 21.6 Å². The third-order valence-corrected chi connectivity index (χ3v) is 4.02. The summed E-state index contributed by atoms with van der Waals surface area (Å²) in [5.74, 6) is -1.57. The summed E-state index contributed by atoms with van der Waals surface area (Å²) in [6.07, 6.45) is 0. The van der Waals surface area contributed by atoms with Crippen molar-refractivity contribution in [3.63, 3.8) is 0 Å². The van der Waals surface area contributed by atoms with E-state index in [1.165, 1.54) is 23.5 Å². The zero-order chi connectivity index (χ0) is 14.0. The van der Waals surface area contributed by atoms with E-state index in [-0.39, 0.29) is 17.3 Å². The van der Waals surface area contributed by atoms with Crippen molar-refractivity contribution in [3.05, 3.63) is 50.9 Å². The zero-order valence-electron chi connectivity index (χ0n) is 9.98.